The molecule has 1 aliphatic heterocycles. The first-order valence-corrected chi connectivity index (χ1v) is 6.90. The zero-order chi connectivity index (χ0) is 13.1. The number of hydrogen-bond acceptors (Lipinski definition) is 5. The number of nitrogens with zero attached hydrogens (tertiary/aromatic N) is 4. The highest BCUT2D eigenvalue weighted by molar-refractivity contribution is 6.28. The molecule has 1 aromatic rings. The number of piperidine rings is 1. The Labute approximate surface area is 113 Å². The monoisotopic (exact) mass is 269 g/mol. The molecule has 1 saturated heterocycles. The summed E-state index contributed by atoms with van der Waals surface area (Å²) in [5.41, 5.74) is 0. The molecule has 1 aliphatic rings. The molecule has 18 heavy (non-hydrogen) atoms. The van der Waals surface area contributed by atoms with Crippen molar-refractivity contribution in [1.29, 1.82) is 0 Å². The number of hydrogen-bond donors (Lipinski definition) is 1. The van der Waals surface area contributed by atoms with Crippen molar-refractivity contribution in [1.82, 2.24) is 15.0 Å². The average molecular weight is 270 g/mol. The Morgan fingerprint density at radius 1 is 1.33 bits per heavy atom. The number of nitrogens with one attached hydrogen (secondary N) is 1. The maximum atomic E-state index is 5.95. The molecule has 0 radical (unpaired) electrons. The molecular weight excluding hydrogens is 250 g/mol. The number of aromatic nitrogens is 3. The highest BCUT2D eigenvalue weighted by atomic mass is 35.5. The zero-order valence-electron chi connectivity index (χ0n) is 11.1. The van der Waals surface area contributed by atoms with Crippen molar-refractivity contribution in [2.45, 2.75) is 39.7 Å². The fourth-order valence-corrected chi connectivity index (χ4v) is 2.57. The van der Waals surface area contributed by atoms with E-state index in [0.717, 1.165) is 19.0 Å². The Hall–Kier alpha value is -1.10. The highest BCUT2D eigenvalue weighted by Gasteiger charge is 2.25. The Kier molecular flexibility index (Phi) is 4.22. The lowest BCUT2D eigenvalue weighted by Crippen LogP contribution is -2.41. The summed E-state index contributed by atoms with van der Waals surface area (Å²) < 4.78 is 0. The largest absolute Gasteiger partial charge is 0.354 e. The van der Waals surface area contributed by atoms with Crippen LogP contribution in [0.15, 0.2) is 0 Å². The third-order valence-corrected chi connectivity index (χ3v) is 3.50. The van der Waals surface area contributed by atoms with Crippen molar-refractivity contribution >= 4 is 23.5 Å². The van der Waals surface area contributed by atoms with Gasteiger partial charge in [-0.15, -0.1) is 0 Å². The third kappa shape index (κ3) is 3.02. The van der Waals surface area contributed by atoms with E-state index in [0.29, 0.717) is 17.9 Å². The van der Waals surface area contributed by atoms with E-state index in [9.17, 15) is 0 Å². The van der Waals surface area contributed by atoms with Gasteiger partial charge in [-0.05, 0) is 44.2 Å². The van der Waals surface area contributed by atoms with Gasteiger partial charge < -0.3 is 10.2 Å². The minimum atomic E-state index is 0.252. The standard InChI is InChI=1S/C12H20ClN5/c1-4-14-11-15-10(13)16-12(17-11)18-6-5-8(2)7-9(18)3/h8-9H,4-7H2,1-3H3,(H,14,15,16,17). The van der Waals surface area contributed by atoms with Crippen LogP contribution >= 0.6 is 11.6 Å². The van der Waals surface area contributed by atoms with Crippen molar-refractivity contribution in [3.05, 3.63) is 5.28 Å². The van der Waals surface area contributed by atoms with E-state index in [-0.39, 0.29) is 5.28 Å². The molecule has 0 amide bonds. The van der Waals surface area contributed by atoms with Crippen LogP contribution in [0.2, 0.25) is 5.28 Å². The molecule has 0 bridgehead atoms. The molecule has 2 heterocycles. The summed E-state index contributed by atoms with van der Waals surface area (Å²) >= 11 is 5.95. The molecule has 2 atom stereocenters. The van der Waals surface area contributed by atoms with Gasteiger partial charge >= 0.3 is 0 Å². The quantitative estimate of drug-likeness (QED) is 0.914. The second kappa shape index (κ2) is 5.69. The van der Waals surface area contributed by atoms with Crippen LogP contribution in [0.1, 0.15) is 33.6 Å². The molecule has 0 aromatic carbocycles. The highest BCUT2D eigenvalue weighted by Crippen LogP contribution is 2.26. The fourth-order valence-electron chi connectivity index (χ4n) is 2.41. The first-order valence-electron chi connectivity index (χ1n) is 6.52. The predicted octanol–water partition coefficient (Wildman–Crippen LogP) is 2.58. The van der Waals surface area contributed by atoms with Crippen LogP contribution in [0.4, 0.5) is 11.9 Å². The minimum Gasteiger partial charge on any atom is -0.354 e. The van der Waals surface area contributed by atoms with Gasteiger partial charge in [0.25, 0.3) is 0 Å². The summed E-state index contributed by atoms with van der Waals surface area (Å²) in [6, 6.07) is 0.446. The molecule has 0 spiro atoms. The summed E-state index contributed by atoms with van der Waals surface area (Å²) in [6.07, 6.45) is 2.34. The summed E-state index contributed by atoms with van der Waals surface area (Å²) in [6.45, 7) is 8.25. The van der Waals surface area contributed by atoms with E-state index in [2.05, 4.69) is 39.0 Å². The lowest BCUT2D eigenvalue weighted by atomic mass is 9.94. The molecular formula is C12H20ClN5. The molecule has 1 fully saturated rings. The van der Waals surface area contributed by atoms with Gasteiger partial charge in [-0.1, -0.05) is 6.92 Å². The molecule has 2 rings (SSSR count). The van der Waals surface area contributed by atoms with E-state index in [4.69, 9.17) is 11.6 Å². The number of rotatable bonds is 3. The topological polar surface area (TPSA) is 53.9 Å². The van der Waals surface area contributed by atoms with Gasteiger partial charge in [0, 0.05) is 19.1 Å². The molecule has 100 valence electrons. The molecule has 0 saturated carbocycles. The van der Waals surface area contributed by atoms with Crippen molar-refractivity contribution in [2.75, 3.05) is 23.3 Å². The fraction of sp³-hybridized carbons (Fsp3) is 0.750. The van der Waals surface area contributed by atoms with Crippen molar-refractivity contribution in [2.24, 2.45) is 5.92 Å². The van der Waals surface area contributed by atoms with Crippen LogP contribution < -0.4 is 10.2 Å². The van der Waals surface area contributed by atoms with Crippen LogP contribution in [0.25, 0.3) is 0 Å². The van der Waals surface area contributed by atoms with Crippen LogP contribution in [-0.4, -0.2) is 34.1 Å². The van der Waals surface area contributed by atoms with E-state index < -0.39 is 0 Å². The van der Waals surface area contributed by atoms with Gasteiger partial charge in [0.2, 0.25) is 17.2 Å². The number of halogens is 1. The SMILES string of the molecule is CCNc1nc(Cl)nc(N2CCC(C)CC2C)n1. The molecule has 6 heteroatoms. The summed E-state index contributed by atoms with van der Waals surface area (Å²) in [7, 11) is 0. The second-order valence-electron chi connectivity index (χ2n) is 4.93. The molecule has 0 aliphatic carbocycles. The second-order valence-corrected chi connectivity index (χ2v) is 5.27. The zero-order valence-corrected chi connectivity index (χ0v) is 11.9. The summed E-state index contributed by atoms with van der Waals surface area (Å²) in [4.78, 5) is 15.0. The van der Waals surface area contributed by atoms with Gasteiger partial charge in [0.1, 0.15) is 0 Å². The van der Waals surface area contributed by atoms with Crippen LogP contribution in [0, 0.1) is 5.92 Å². The van der Waals surface area contributed by atoms with Gasteiger partial charge in [0.15, 0.2) is 0 Å². The van der Waals surface area contributed by atoms with Gasteiger partial charge in [-0.25, -0.2) is 0 Å². The lowest BCUT2D eigenvalue weighted by molar-refractivity contribution is 0.374. The first kappa shape index (κ1) is 13.3. The Morgan fingerprint density at radius 2 is 2.11 bits per heavy atom. The van der Waals surface area contributed by atoms with E-state index in [1.807, 2.05) is 6.92 Å². The first-order chi connectivity index (χ1) is 8.60. The average Bonchev–Trinajstić information content (AvgIpc) is 2.28. The third-order valence-electron chi connectivity index (χ3n) is 3.33. The van der Waals surface area contributed by atoms with Crippen molar-refractivity contribution in [3.8, 4) is 0 Å². The molecule has 2 unspecified atom stereocenters. The maximum absolute atomic E-state index is 5.95. The number of anilines is 2. The summed E-state index contributed by atoms with van der Waals surface area (Å²) in [5, 5.41) is 3.33. The summed E-state index contributed by atoms with van der Waals surface area (Å²) in [5.74, 6) is 2.01. The van der Waals surface area contributed by atoms with Crippen LogP contribution in [-0.2, 0) is 0 Å². The maximum Gasteiger partial charge on any atom is 0.231 e. The van der Waals surface area contributed by atoms with E-state index in [1.54, 1.807) is 0 Å². The predicted molar refractivity (Wildman–Crippen MR) is 74.2 cm³/mol. The van der Waals surface area contributed by atoms with Crippen LogP contribution in [0.5, 0.6) is 0 Å². The molecule has 1 N–H and O–H groups in total. The van der Waals surface area contributed by atoms with E-state index >= 15 is 0 Å². The Balaban J connectivity index is 2.21. The minimum absolute atomic E-state index is 0.252. The van der Waals surface area contributed by atoms with Gasteiger partial charge in [0.05, 0.1) is 0 Å². The Bertz CT molecular complexity index is 411. The van der Waals surface area contributed by atoms with E-state index in [1.165, 1.54) is 12.8 Å². The smallest absolute Gasteiger partial charge is 0.231 e. The Morgan fingerprint density at radius 3 is 2.78 bits per heavy atom. The molecule has 1 aromatic heterocycles. The van der Waals surface area contributed by atoms with Crippen molar-refractivity contribution in [3.63, 3.8) is 0 Å². The van der Waals surface area contributed by atoms with Crippen LogP contribution in [0.3, 0.4) is 0 Å². The van der Waals surface area contributed by atoms with Gasteiger partial charge in [-0.2, -0.15) is 15.0 Å². The normalized spacial score (nSPS) is 24.1. The molecule has 5 nitrogen and oxygen atoms in total. The lowest BCUT2D eigenvalue weighted by Gasteiger charge is -2.36. The van der Waals surface area contributed by atoms with Gasteiger partial charge in [-0.3, -0.25) is 0 Å². The van der Waals surface area contributed by atoms with Crippen molar-refractivity contribution < 1.29 is 0 Å².